The Morgan fingerprint density at radius 3 is 2.48 bits per heavy atom. The Balaban J connectivity index is 0.00000420. The summed E-state index contributed by atoms with van der Waals surface area (Å²) in [7, 11) is 3.15. The van der Waals surface area contributed by atoms with Gasteiger partial charge in [-0.3, -0.25) is 9.79 Å². The Morgan fingerprint density at radius 1 is 1.28 bits per heavy atom. The van der Waals surface area contributed by atoms with E-state index in [0.717, 1.165) is 13.0 Å². The zero-order chi connectivity index (χ0) is 20.5. The van der Waals surface area contributed by atoms with E-state index in [9.17, 15) is 9.90 Å². The smallest absolute Gasteiger partial charge is 0.222 e. The first-order chi connectivity index (χ1) is 13.5. The van der Waals surface area contributed by atoms with Gasteiger partial charge in [-0.15, -0.1) is 24.0 Å². The first-order valence-electron chi connectivity index (χ1n) is 9.74. The van der Waals surface area contributed by atoms with Gasteiger partial charge in [-0.25, -0.2) is 0 Å². The molecule has 0 spiro atoms. The molecule has 1 aliphatic rings. The molecule has 8 nitrogen and oxygen atoms in total. The van der Waals surface area contributed by atoms with Gasteiger partial charge in [-0.1, -0.05) is 6.92 Å². The summed E-state index contributed by atoms with van der Waals surface area (Å²) in [4.78, 5) is 18.2. The Kier molecular flexibility index (Phi) is 11.1. The number of aliphatic hydroxyl groups is 1. The van der Waals surface area contributed by atoms with Crippen molar-refractivity contribution in [1.29, 1.82) is 0 Å². The number of aliphatic hydroxyl groups excluding tert-OH is 1. The highest BCUT2D eigenvalue weighted by molar-refractivity contribution is 14.0. The van der Waals surface area contributed by atoms with Crippen LogP contribution in [0.4, 0.5) is 0 Å². The fourth-order valence-corrected chi connectivity index (χ4v) is 3.15. The minimum Gasteiger partial charge on any atom is -0.497 e. The number of guanidine groups is 1. The lowest BCUT2D eigenvalue weighted by molar-refractivity contribution is -0.129. The number of ether oxygens (including phenoxy) is 2. The van der Waals surface area contributed by atoms with Crippen molar-refractivity contribution in [3.63, 3.8) is 0 Å². The summed E-state index contributed by atoms with van der Waals surface area (Å²) in [5, 5.41) is 17.1. The second kappa shape index (κ2) is 12.7. The van der Waals surface area contributed by atoms with Gasteiger partial charge in [-0.2, -0.15) is 0 Å². The van der Waals surface area contributed by atoms with Crippen molar-refractivity contribution in [1.82, 2.24) is 15.5 Å². The van der Waals surface area contributed by atoms with Gasteiger partial charge in [0.2, 0.25) is 5.91 Å². The molecule has 1 heterocycles. The molecule has 9 heteroatoms. The molecule has 0 aromatic heterocycles. The standard InChI is InChI=1S/C20H32N4O4.HI/c1-5-19(26)24-8-7-15(13-24)23-20(21-6-2)22-12-18(25)14-9-16(27-3)11-17(10-14)28-4;/h9-11,15,18,25H,5-8,12-13H2,1-4H3,(H2,21,22,23);1H. The number of nitrogens with zero attached hydrogens (tertiary/aromatic N) is 2. The van der Waals surface area contributed by atoms with Gasteiger partial charge < -0.3 is 30.1 Å². The summed E-state index contributed by atoms with van der Waals surface area (Å²) >= 11 is 0. The average molecular weight is 520 g/mol. The van der Waals surface area contributed by atoms with Crippen molar-refractivity contribution in [2.24, 2.45) is 4.99 Å². The molecule has 2 unspecified atom stereocenters. The van der Waals surface area contributed by atoms with Gasteiger partial charge in [-0.05, 0) is 31.0 Å². The Labute approximate surface area is 190 Å². The molecule has 0 saturated carbocycles. The highest BCUT2D eigenvalue weighted by atomic mass is 127. The summed E-state index contributed by atoms with van der Waals surface area (Å²) in [6.45, 7) is 6.20. The van der Waals surface area contributed by atoms with Crippen LogP contribution in [0.1, 0.15) is 38.4 Å². The third-order valence-corrected chi connectivity index (χ3v) is 4.71. The van der Waals surface area contributed by atoms with Crippen LogP contribution in [0.2, 0.25) is 0 Å². The van der Waals surface area contributed by atoms with Crippen LogP contribution in [0.3, 0.4) is 0 Å². The third-order valence-electron chi connectivity index (χ3n) is 4.71. The molecular weight excluding hydrogens is 487 g/mol. The van der Waals surface area contributed by atoms with E-state index in [1.165, 1.54) is 0 Å². The maximum atomic E-state index is 11.8. The van der Waals surface area contributed by atoms with Crippen LogP contribution in [-0.4, -0.2) is 68.3 Å². The molecule has 29 heavy (non-hydrogen) atoms. The number of hydrogen-bond donors (Lipinski definition) is 3. The van der Waals surface area contributed by atoms with E-state index in [-0.39, 0.29) is 42.5 Å². The fourth-order valence-electron chi connectivity index (χ4n) is 3.15. The maximum absolute atomic E-state index is 11.8. The molecule has 1 aliphatic heterocycles. The number of amides is 1. The first-order valence-corrected chi connectivity index (χ1v) is 9.74. The van der Waals surface area contributed by atoms with Gasteiger partial charge in [0.05, 0.1) is 26.9 Å². The molecule has 3 N–H and O–H groups in total. The molecule has 1 fully saturated rings. The third kappa shape index (κ3) is 7.54. The summed E-state index contributed by atoms with van der Waals surface area (Å²) in [6.07, 6.45) is 0.615. The van der Waals surface area contributed by atoms with E-state index >= 15 is 0 Å². The van der Waals surface area contributed by atoms with Crippen molar-refractivity contribution in [2.75, 3.05) is 40.4 Å². The number of aliphatic imine (C=N–C) groups is 1. The molecule has 1 aromatic carbocycles. The summed E-state index contributed by atoms with van der Waals surface area (Å²) in [6, 6.07) is 5.46. The second-order valence-corrected chi connectivity index (χ2v) is 6.70. The number of rotatable bonds is 8. The van der Waals surface area contributed by atoms with E-state index in [0.29, 0.717) is 42.5 Å². The minimum absolute atomic E-state index is 0. The number of hydrogen-bond acceptors (Lipinski definition) is 5. The normalized spacial score (nSPS) is 17.3. The fraction of sp³-hybridized carbons (Fsp3) is 0.600. The molecule has 1 saturated heterocycles. The summed E-state index contributed by atoms with van der Waals surface area (Å²) < 4.78 is 10.5. The van der Waals surface area contributed by atoms with Gasteiger partial charge in [0.1, 0.15) is 11.5 Å². The number of carbonyl (C=O) groups is 1. The molecule has 0 aliphatic carbocycles. The highest BCUT2D eigenvalue weighted by Crippen LogP contribution is 2.26. The van der Waals surface area contributed by atoms with Crippen molar-refractivity contribution in [3.8, 4) is 11.5 Å². The lowest BCUT2D eigenvalue weighted by atomic mass is 10.1. The van der Waals surface area contributed by atoms with Gasteiger partial charge >= 0.3 is 0 Å². The lowest BCUT2D eigenvalue weighted by Crippen LogP contribution is -2.45. The topological polar surface area (TPSA) is 95.4 Å². The van der Waals surface area contributed by atoms with Gasteiger partial charge in [0, 0.05) is 38.2 Å². The van der Waals surface area contributed by atoms with Gasteiger partial charge in [0.25, 0.3) is 0 Å². The molecule has 0 bridgehead atoms. The Morgan fingerprint density at radius 2 is 1.93 bits per heavy atom. The van der Waals surface area contributed by atoms with E-state index in [4.69, 9.17) is 9.47 Å². The molecule has 1 aromatic rings. The number of methoxy groups -OCH3 is 2. The number of likely N-dealkylation sites (tertiary alicyclic amines) is 1. The van der Waals surface area contributed by atoms with Crippen molar-refractivity contribution in [2.45, 2.75) is 38.8 Å². The van der Waals surface area contributed by atoms with Crippen molar-refractivity contribution in [3.05, 3.63) is 23.8 Å². The minimum atomic E-state index is -0.791. The lowest BCUT2D eigenvalue weighted by Gasteiger charge is -2.19. The Hall–Kier alpha value is -1.75. The SMILES string of the molecule is CCNC(=NCC(O)c1cc(OC)cc(OC)c1)NC1CCN(C(=O)CC)C1.I. The zero-order valence-corrected chi connectivity index (χ0v) is 19.9. The number of carbonyl (C=O) groups excluding carboxylic acids is 1. The predicted molar refractivity (Wildman–Crippen MR) is 124 cm³/mol. The van der Waals surface area contributed by atoms with Crippen LogP contribution < -0.4 is 20.1 Å². The maximum Gasteiger partial charge on any atom is 0.222 e. The second-order valence-electron chi connectivity index (χ2n) is 6.70. The zero-order valence-electron chi connectivity index (χ0n) is 17.6. The van der Waals surface area contributed by atoms with Crippen LogP contribution in [-0.2, 0) is 4.79 Å². The van der Waals surface area contributed by atoms with E-state index in [1.54, 1.807) is 32.4 Å². The molecular formula is C20H33IN4O4. The number of nitrogens with one attached hydrogen (secondary N) is 2. The molecule has 0 radical (unpaired) electrons. The summed E-state index contributed by atoms with van der Waals surface area (Å²) in [5.41, 5.74) is 0.677. The van der Waals surface area contributed by atoms with Crippen LogP contribution in [0, 0.1) is 0 Å². The monoisotopic (exact) mass is 520 g/mol. The predicted octanol–water partition coefficient (Wildman–Crippen LogP) is 1.92. The van der Waals surface area contributed by atoms with Gasteiger partial charge in [0.15, 0.2) is 5.96 Å². The molecule has 2 rings (SSSR count). The largest absolute Gasteiger partial charge is 0.497 e. The van der Waals surface area contributed by atoms with Crippen LogP contribution in [0.5, 0.6) is 11.5 Å². The molecule has 164 valence electrons. The van der Waals surface area contributed by atoms with E-state index in [1.807, 2.05) is 18.7 Å². The van der Waals surface area contributed by atoms with Crippen molar-refractivity contribution < 1.29 is 19.4 Å². The summed E-state index contributed by atoms with van der Waals surface area (Å²) in [5.74, 6) is 2.05. The van der Waals surface area contributed by atoms with Crippen molar-refractivity contribution >= 4 is 35.8 Å². The van der Waals surface area contributed by atoms with Crippen LogP contribution >= 0.6 is 24.0 Å². The van der Waals surface area contributed by atoms with Crippen LogP contribution in [0.25, 0.3) is 0 Å². The molecule has 2 atom stereocenters. The Bertz CT molecular complexity index is 664. The number of benzene rings is 1. The number of halogens is 1. The first kappa shape index (κ1) is 25.3. The highest BCUT2D eigenvalue weighted by Gasteiger charge is 2.25. The average Bonchev–Trinajstić information content (AvgIpc) is 3.19. The quantitative estimate of drug-likeness (QED) is 0.276. The van der Waals surface area contributed by atoms with E-state index in [2.05, 4.69) is 15.6 Å². The van der Waals surface area contributed by atoms with Crippen LogP contribution in [0.15, 0.2) is 23.2 Å². The van der Waals surface area contributed by atoms with E-state index < -0.39 is 6.10 Å². The molecule has 1 amide bonds.